The third-order valence-electron chi connectivity index (χ3n) is 5.16. The van der Waals surface area contributed by atoms with Crippen LogP contribution in [0.1, 0.15) is 29.9 Å². The largest absolute Gasteiger partial charge is 0.481 e. The van der Waals surface area contributed by atoms with Crippen molar-refractivity contribution >= 4 is 29.2 Å². The average Bonchev–Trinajstić information content (AvgIpc) is 3.07. The number of nitrogens with zero attached hydrogens (tertiary/aromatic N) is 3. The number of benzene rings is 1. The predicted molar refractivity (Wildman–Crippen MR) is 110 cm³/mol. The second-order valence-electron chi connectivity index (χ2n) is 7.21. The molecule has 1 aliphatic rings. The Hall–Kier alpha value is -3.62. The van der Waals surface area contributed by atoms with Crippen LogP contribution < -0.4 is 10.6 Å². The van der Waals surface area contributed by atoms with Crippen LogP contribution in [-0.4, -0.2) is 51.6 Å². The van der Waals surface area contributed by atoms with E-state index in [1.54, 1.807) is 17.2 Å². The van der Waals surface area contributed by atoms with Crippen LogP contribution in [0.2, 0.25) is 0 Å². The highest BCUT2D eigenvalue weighted by molar-refractivity contribution is 5.74. The Kier molecular flexibility index (Phi) is 5.78. The zero-order chi connectivity index (χ0) is 20.9. The average molecular weight is 409 g/mol. The predicted octanol–water partition coefficient (Wildman–Crippen LogP) is 2.81. The molecule has 0 aliphatic carbocycles. The number of hydrogen-bond donors (Lipinski definition) is 3. The molecule has 0 saturated heterocycles. The zero-order valence-corrected chi connectivity index (χ0v) is 16.4. The molecule has 1 atom stereocenters. The van der Waals surface area contributed by atoms with Crippen molar-refractivity contribution in [3.8, 4) is 0 Å². The topological polar surface area (TPSA) is 121 Å². The fourth-order valence-electron chi connectivity index (χ4n) is 3.72. The summed E-state index contributed by atoms with van der Waals surface area (Å²) in [5, 5.41) is 15.2. The SMILES string of the molecule is O=C(O)CC1CCN(C(=O)NCCNc2nc3cccnc3o2)Cc2ccccc21. The monoisotopic (exact) mass is 409 g/mol. The molecule has 4 rings (SSSR count). The summed E-state index contributed by atoms with van der Waals surface area (Å²) in [6.07, 6.45) is 2.32. The van der Waals surface area contributed by atoms with Gasteiger partial charge in [-0.05, 0) is 35.6 Å². The number of carboxylic acid groups (broad SMARTS) is 1. The van der Waals surface area contributed by atoms with Crippen molar-refractivity contribution in [2.24, 2.45) is 0 Å². The Morgan fingerprint density at radius 1 is 1.20 bits per heavy atom. The van der Waals surface area contributed by atoms with Crippen LogP contribution in [0.3, 0.4) is 0 Å². The minimum atomic E-state index is -0.826. The maximum Gasteiger partial charge on any atom is 0.317 e. The number of pyridine rings is 1. The van der Waals surface area contributed by atoms with Gasteiger partial charge in [-0.3, -0.25) is 4.79 Å². The summed E-state index contributed by atoms with van der Waals surface area (Å²) in [5.41, 5.74) is 3.14. The van der Waals surface area contributed by atoms with Gasteiger partial charge in [0.05, 0.1) is 6.42 Å². The van der Waals surface area contributed by atoms with Crippen LogP contribution in [0.25, 0.3) is 11.2 Å². The van der Waals surface area contributed by atoms with E-state index in [0.717, 1.165) is 11.1 Å². The fraction of sp³-hybridized carbons (Fsp3) is 0.333. The first-order valence-corrected chi connectivity index (χ1v) is 9.88. The molecule has 156 valence electrons. The molecule has 2 amide bonds. The van der Waals surface area contributed by atoms with E-state index in [-0.39, 0.29) is 18.4 Å². The summed E-state index contributed by atoms with van der Waals surface area (Å²) in [4.78, 5) is 34.0. The number of aromatic nitrogens is 2. The smallest absolute Gasteiger partial charge is 0.317 e. The Bertz CT molecular complexity index is 1020. The number of urea groups is 1. The van der Waals surface area contributed by atoms with Gasteiger partial charge in [-0.25, -0.2) is 9.78 Å². The van der Waals surface area contributed by atoms with E-state index < -0.39 is 5.97 Å². The second kappa shape index (κ2) is 8.81. The van der Waals surface area contributed by atoms with Gasteiger partial charge in [-0.2, -0.15) is 4.98 Å². The standard InChI is InChI=1S/C21H23N5O4/c27-18(28)12-14-7-11-26(13-15-4-1-2-5-16(14)15)21(29)24-10-9-23-20-25-17-6-3-8-22-19(17)30-20/h1-6,8,14H,7,9-13H2,(H,23,25)(H,24,29)(H,27,28). The molecule has 9 heteroatoms. The van der Waals surface area contributed by atoms with E-state index in [9.17, 15) is 14.7 Å². The summed E-state index contributed by atoms with van der Waals surface area (Å²) in [6, 6.07) is 11.5. The van der Waals surface area contributed by atoms with Crippen molar-refractivity contribution in [3.63, 3.8) is 0 Å². The highest BCUT2D eigenvalue weighted by Crippen LogP contribution is 2.31. The second-order valence-corrected chi connectivity index (χ2v) is 7.21. The first kappa shape index (κ1) is 19.7. The molecule has 3 heterocycles. The van der Waals surface area contributed by atoms with E-state index in [0.29, 0.717) is 49.8 Å². The van der Waals surface area contributed by atoms with E-state index in [1.807, 2.05) is 30.3 Å². The number of nitrogens with one attached hydrogen (secondary N) is 2. The number of hydrogen-bond acceptors (Lipinski definition) is 6. The lowest BCUT2D eigenvalue weighted by Crippen LogP contribution is -2.41. The minimum Gasteiger partial charge on any atom is -0.481 e. The zero-order valence-electron chi connectivity index (χ0n) is 16.4. The van der Waals surface area contributed by atoms with Crippen LogP contribution in [0, 0.1) is 0 Å². The molecule has 0 radical (unpaired) electrons. The Morgan fingerprint density at radius 3 is 2.90 bits per heavy atom. The number of amides is 2. The third kappa shape index (κ3) is 4.51. The van der Waals surface area contributed by atoms with E-state index in [4.69, 9.17) is 4.42 Å². The van der Waals surface area contributed by atoms with E-state index in [2.05, 4.69) is 20.6 Å². The molecule has 0 fully saturated rings. The van der Waals surface area contributed by atoms with Gasteiger partial charge in [-0.15, -0.1) is 0 Å². The highest BCUT2D eigenvalue weighted by Gasteiger charge is 2.26. The molecule has 2 aromatic heterocycles. The van der Waals surface area contributed by atoms with Crippen molar-refractivity contribution in [2.45, 2.75) is 25.3 Å². The van der Waals surface area contributed by atoms with Gasteiger partial charge in [0.1, 0.15) is 5.52 Å². The summed E-state index contributed by atoms with van der Waals surface area (Å²) in [7, 11) is 0. The van der Waals surface area contributed by atoms with Gasteiger partial charge in [0.15, 0.2) is 0 Å². The van der Waals surface area contributed by atoms with Crippen LogP contribution in [0.5, 0.6) is 0 Å². The van der Waals surface area contributed by atoms with Crippen molar-refractivity contribution < 1.29 is 19.1 Å². The Balaban J connectivity index is 1.31. The van der Waals surface area contributed by atoms with Crippen molar-refractivity contribution in [2.75, 3.05) is 25.0 Å². The molecule has 0 spiro atoms. The normalized spacial score (nSPS) is 16.0. The Morgan fingerprint density at radius 2 is 2.07 bits per heavy atom. The fourth-order valence-corrected chi connectivity index (χ4v) is 3.72. The maximum absolute atomic E-state index is 12.7. The van der Waals surface area contributed by atoms with Crippen molar-refractivity contribution in [1.82, 2.24) is 20.2 Å². The first-order valence-electron chi connectivity index (χ1n) is 9.88. The quantitative estimate of drug-likeness (QED) is 0.535. The highest BCUT2D eigenvalue weighted by atomic mass is 16.4. The van der Waals surface area contributed by atoms with Gasteiger partial charge in [0, 0.05) is 32.4 Å². The number of carbonyl (C=O) groups excluding carboxylic acids is 1. The van der Waals surface area contributed by atoms with Crippen LogP contribution >= 0.6 is 0 Å². The third-order valence-corrected chi connectivity index (χ3v) is 5.16. The molecule has 9 nitrogen and oxygen atoms in total. The van der Waals surface area contributed by atoms with E-state index >= 15 is 0 Å². The molecule has 1 aliphatic heterocycles. The number of fused-ring (bicyclic) bond motifs is 2. The van der Waals surface area contributed by atoms with Gasteiger partial charge in [0.25, 0.3) is 6.01 Å². The lowest BCUT2D eigenvalue weighted by molar-refractivity contribution is -0.137. The first-order chi connectivity index (χ1) is 14.6. The van der Waals surface area contributed by atoms with Gasteiger partial charge >= 0.3 is 12.0 Å². The van der Waals surface area contributed by atoms with Crippen LogP contribution in [0.4, 0.5) is 10.8 Å². The van der Waals surface area contributed by atoms with Gasteiger partial charge in [-0.1, -0.05) is 24.3 Å². The summed E-state index contributed by atoms with van der Waals surface area (Å²) in [5.74, 6) is -0.917. The molecule has 3 aromatic rings. The number of carboxylic acids is 1. The van der Waals surface area contributed by atoms with Gasteiger partial charge < -0.3 is 25.1 Å². The van der Waals surface area contributed by atoms with Crippen LogP contribution in [0.15, 0.2) is 47.0 Å². The molecule has 1 unspecified atom stereocenters. The number of aliphatic carboxylic acids is 1. The van der Waals surface area contributed by atoms with Crippen molar-refractivity contribution in [3.05, 3.63) is 53.7 Å². The molecule has 30 heavy (non-hydrogen) atoms. The summed E-state index contributed by atoms with van der Waals surface area (Å²) < 4.78 is 5.49. The van der Waals surface area contributed by atoms with E-state index in [1.165, 1.54) is 0 Å². The molecular formula is C21H23N5O4. The van der Waals surface area contributed by atoms with Gasteiger partial charge in [0.2, 0.25) is 5.71 Å². The molecule has 3 N–H and O–H groups in total. The Labute approximate surface area is 173 Å². The van der Waals surface area contributed by atoms with Crippen LogP contribution in [-0.2, 0) is 11.3 Å². The number of carbonyl (C=O) groups is 2. The summed E-state index contributed by atoms with van der Waals surface area (Å²) in [6.45, 7) is 1.80. The molecule has 0 saturated carbocycles. The molecule has 1 aromatic carbocycles. The molecular weight excluding hydrogens is 386 g/mol. The number of oxazole rings is 1. The summed E-state index contributed by atoms with van der Waals surface area (Å²) >= 11 is 0. The maximum atomic E-state index is 12.7. The minimum absolute atomic E-state index is 0.0652. The number of rotatable bonds is 6. The number of anilines is 1. The lowest BCUT2D eigenvalue weighted by Gasteiger charge is -2.21. The van der Waals surface area contributed by atoms with Crippen molar-refractivity contribution in [1.29, 1.82) is 0 Å². The molecule has 0 bridgehead atoms. The lowest BCUT2D eigenvalue weighted by atomic mass is 9.90.